The summed E-state index contributed by atoms with van der Waals surface area (Å²) < 4.78 is 0. The van der Waals surface area contributed by atoms with E-state index in [1.54, 1.807) is 42.5 Å². The highest BCUT2D eigenvalue weighted by Crippen LogP contribution is 2.26. The van der Waals surface area contributed by atoms with Crippen molar-refractivity contribution in [1.82, 2.24) is 4.90 Å². The number of nitrogens with zero attached hydrogens (tertiary/aromatic N) is 1. The number of amides is 2. The second kappa shape index (κ2) is 11.1. The number of likely N-dealkylation sites (tertiary alicyclic amines) is 1. The number of hydrogen-bond donors (Lipinski definition) is 4. The van der Waals surface area contributed by atoms with Crippen LogP contribution < -0.4 is 21.7 Å². The number of anilines is 3. The number of hydrogen-bond acceptors (Lipinski definition) is 4. The van der Waals surface area contributed by atoms with E-state index >= 15 is 0 Å². The molecule has 0 saturated carbocycles. The van der Waals surface area contributed by atoms with E-state index in [2.05, 4.69) is 20.9 Å². The van der Waals surface area contributed by atoms with Crippen LogP contribution in [0, 0.1) is 0 Å². The van der Waals surface area contributed by atoms with Gasteiger partial charge in [0.25, 0.3) is 0 Å². The molecule has 0 aromatic heterocycles. The molecular weight excluding hydrogens is 434 g/mol. The van der Waals surface area contributed by atoms with Crippen molar-refractivity contribution < 1.29 is 9.59 Å². The number of benzene rings is 2. The highest BCUT2D eigenvalue weighted by molar-refractivity contribution is 7.80. The van der Waals surface area contributed by atoms with Crippen LogP contribution in [-0.2, 0) is 4.79 Å². The molecule has 31 heavy (non-hydrogen) atoms. The van der Waals surface area contributed by atoms with Gasteiger partial charge in [0.15, 0.2) is 5.11 Å². The lowest BCUT2D eigenvalue weighted by Crippen LogP contribution is -2.34. The summed E-state index contributed by atoms with van der Waals surface area (Å²) in [5.74, 6) is -0.554. The zero-order valence-corrected chi connectivity index (χ0v) is 18.7. The monoisotopic (exact) mass is 459 g/mol. The lowest BCUT2D eigenvalue weighted by Gasteiger charge is -2.19. The van der Waals surface area contributed by atoms with Crippen LogP contribution in [0.15, 0.2) is 42.5 Å². The largest absolute Gasteiger partial charge is 0.366 e. The van der Waals surface area contributed by atoms with E-state index in [0.29, 0.717) is 39.3 Å². The zero-order chi connectivity index (χ0) is 22.2. The molecule has 2 aromatic rings. The maximum atomic E-state index is 12.4. The van der Waals surface area contributed by atoms with Gasteiger partial charge in [0, 0.05) is 16.9 Å². The molecule has 9 heteroatoms. The molecule has 0 aliphatic carbocycles. The minimum absolute atomic E-state index is 0.0684. The fourth-order valence-corrected chi connectivity index (χ4v) is 3.86. The van der Waals surface area contributed by atoms with Gasteiger partial charge in [-0.3, -0.25) is 14.5 Å². The third-order valence-electron chi connectivity index (χ3n) is 4.99. The minimum atomic E-state index is -0.486. The average molecular weight is 460 g/mol. The van der Waals surface area contributed by atoms with Gasteiger partial charge < -0.3 is 21.7 Å². The second-order valence-electron chi connectivity index (χ2n) is 7.45. The molecule has 2 aromatic carbocycles. The maximum Gasteiger partial charge on any atom is 0.248 e. The molecule has 1 aliphatic rings. The molecule has 2 amide bonds. The van der Waals surface area contributed by atoms with Gasteiger partial charge in [-0.1, -0.05) is 24.4 Å². The van der Waals surface area contributed by atoms with Crippen LogP contribution in [0.25, 0.3) is 0 Å². The lowest BCUT2D eigenvalue weighted by molar-refractivity contribution is -0.117. The molecule has 7 nitrogen and oxygen atoms in total. The van der Waals surface area contributed by atoms with Crippen molar-refractivity contribution in [2.45, 2.75) is 25.7 Å². The number of nitrogens with two attached hydrogens (primary N) is 1. The van der Waals surface area contributed by atoms with Crippen LogP contribution in [-0.4, -0.2) is 41.5 Å². The van der Waals surface area contributed by atoms with Crippen LogP contribution in [0.5, 0.6) is 0 Å². The predicted molar refractivity (Wildman–Crippen MR) is 130 cm³/mol. The highest BCUT2D eigenvalue weighted by atomic mass is 35.5. The van der Waals surface area contributed by atoms with Crippen LogP contribution >= 0.6 is 23.8 Å². The Labute approximate surface area is 192 Å². The topological polar surface area (TPSA) is 99.5 Å². The molecule has 5 N–H and O–H groups in total. The smallest absolute Gasteiger partial charge is 0.248 e. The van der Waals surface area contributed by atoms with Gasteiger partial charge >= 0.3 is 0 Å². The van der Waals surface area contributed by atoms with Gasteiger partial charge in [-0.15, -0.1) is 0 Å². The quantitative estimate of drug-likeness (QED) is 0.486. The van der Waals surface area contributed by atoms with Crippen LogP contribution in [0.2, 0.25) is 5.02 Å². The van der Waals surface area contributed by atoms with Gasteiger partial charge in [0.2, 0.25) is 11.8 Å². The normalized spacial score (nSPS) is 14.4. The summed E-state index contributed by atoms with van der Waals surface area (Å²) in [6.45, 7) is 2.29. The van der Waals surface area contributed by atoms with E-state index in [4.69, 9.17) is 29.6 Å². The molecule has 0 spiro atoms. The molecule has 0 bridgehead atoms. The van der Waals surface area contributed by atoms with Gasteiger partial charge in [0.1, 0.15) is 0 Å². The Bertz CT molecular complexity index is 943. The lowest BCUT2D eigenvalue weighted by atomic mass is 10.2. The first kappa shape index (κ1) is 23.0. The summed E-state index contributed by atoms with van der Waals surface area (Å²) >= 11 is 11.7. The first-order valence-electron chi connectivity index (χ1n) is 10.2. The molecule has 0 atom stereocenters. The summed E-state index contributed by atoms with van der Waals surface area (Å²) in [7, 11) is 0. The average Bonchev–Trinajstić information content (AvgIpc) is 2.99. The number of primary amides is 1. The summed E-state index contributed by atoms with van der Waals surface area (Å²) in [5.41, 5.74) is 7.62. The third-order valence-corrected chi connectivity index (χ3v) is 5.51. The molecule has 1 aliphatic heterocycles. The van der Waals surface area contributed by atoms with E-state index in [0.717, 1.165) is 25.9 Å². The Balaban J connectivity index is 1.52. The van der Waals surface area contributed by atoms with E-state index in [1.807, 2.05) is 0 Å². The van der Waals surface area contributed by atoms with Crippen molar-refractivity contribution in [3.8, 4) is 0 Å². The summed E-state index contributed by atoms with van der Waals surface area (Å²) in [4.78, 5) is 25.7. The number of carbonyl (C=O) groups excluding carboxylic acids is 2. The number of rotatable bonds is 6. The summed E-state index contributed by atoms with van der Waals surface area (Å²) in [6, 6.07) is 11.9. The molecule has 1 fully saturated rings. The van der Waals surface area contributed by atoms with E-state index in [-0.39, 0.29) is 5.91 Å². The van der Waals surface area contributed by atoms with Crippen molar-refractivity contribution in [2.75, 3.05) is 35.6 Å². The molecule has 3 rings (SSSR count). The zero-order valence-electron chi connectivity index (χ0n) is 17.1. The van der Waals surface area contributed by atoms with Crippen molar-refractivity contribution in [3.63, 3.8) is 0 Å². The molecular formula is C22H26ClN5O2S. The first-order valence-corrected chi connectivity index (χ1v) is 11.0. The SMILES string of the molecule is NC(=O)c1ccc(NC(=S)Nc2ccc(NC(=O)CN3CCCCCC3)c(Cl)c2)cc1. The van der Waals surface area contributed by atoms with Crippen LogP contribution in [0.3, 0.4) is 0 Å². The standard InChI is InChI=1S/C22H26ClN5O2S/c23-18-13-17(26-22(31)25-16-7-5-15(6-8-16)21(24)30)9-10-19(18)27-20(29)14-28-11-3-1-2-4-12-28/h5-10,13H,1-4,11-12,14H2,(H2,24,30)(H,27,29)(H2,25,26,31). The van der Waals surface area contributed by atoms with Crippen LogP contribution in [0.4, 0.5) is 17.1 Å². The number of nitrogens with one attached hydrogen (secondary N) is 3. The van der Waals surface area contributed by atoms with Gasteiger partial charge in [-0.05, 0) is 80.6 Å². The summed E-state index contributed by atoms with van der Waals surface area (Å²) in [5, 5.41) is 9.74. The first-order chi connectivity index (χ1) is 14.9. The van der Waals surface area contributed by atoms with Gasteiger partial charge in [-0.25, -0.2) is 0 Å². The minimum Gasteiger partial charge on any atom is -0.366 e. The number of thiocarbonyl (C=S) groups is 1. The molecule has 0 unspecified atom stereocenters. The second-order valence-corrected chi connectivity index (χ2v) is 8.27. The fraction of sp³-hybridized carbons (Fsp3) is 0.318. The van der Waals surface area contributed by atoms with Crippen LogP contribution in [0.1, 0.15) is 36.0 Å². The molecule has 0 radical (unpaired) electrons. The Morgan fingerprint density at radius 3 is 2.16 bits per heavy atom. The number of carbonyl (C=O) groups is 2. The van der Waals surface area contributed by atoms with Crippen molar-refractivity contribution in [3.05, 3.63) is 53.1 Å². The highest BCUT2D eigenvalue weighted by Gasteiger charge is 2.14. The Hall–Kier alpha value is -2.68. The van der Waals surface area contributed by atoms with Crippen molar-refractivity contribution in [2.24, 2.45) is 5.73 Å². The maximum absolute atomic E-state index is 12.4. The molecule has 164 valence electrons. The van der Waals surface area contributed by atoms with E-state index < -0.39 is 5.91 Å². The third kappa shape index (κ3) is 7.20. The number of halogens is 1. The predicted octanol–water partition coefficient (Wildman–Crippen LogP) is 4.06. The molecule has 1 saturated heterocycles. The molecule has 1 heterocycles. The Morgan fingerprint density at radius 2 is 1.55 bits per heavy atom. The summed E-state index contributed by atoms with van der Waals surface area (Å²) in [6.07, 6.45) is 4.73. The van der Waals surface area contributed by atoms with Crippen molar-refractivity contribution >= 4 is 57.8 Å². The Kier molecular flexibility index (Phi) is 8.22. The van der Waals surface area contributed by atoms with Crippen molar-refractivity contribution in [1.29, 1.82) is 0 Å². The fourth-order valence-electron chi connectivity index (χ4n) is 3.39. The van der Waals surface area contributed by atoms with Gasteiger partial charge in [0.05, 0.1) is 17.3 Å². The Morgan fingerprint density at radius 1 is 0.935 bits per heavy atom. The van der Waals surface area contributed by atoms with E-state index in [1.165, 1.54) is 12.8 Å². The van der Waals surface area contributed by atoms with E-state index in [9.17, 15) is 9.59 Å². The van der Waals surface area contributed by atoms with Gasteiger partial charge in [-0.2, -0.15) is 0 Å².